The number of aliphatic hydroxyl groups excluding tert-OH is 1. The van der Waals surface area contributed by atoms with Crippen LogP contribution in [-0.2, 0) is 14.8 Å². The van der Waals surface area contributed by atoms with E-state index in [2.05, 4.69) is 14.8 Å². The van der Waals surface area contributed by atoms with Crippen molar-refractivity contribution >= 4 is 27.3 Å². The van der Waals surface area contributed by atoms with E-state index >= 15 is 0 Å². The molecule has 0 bridgehead atoms. The minimum atomic E-state index is -4.93. The molecule has 1 atom stereocenters. The van der Waals surface area contributed by atoms with Gasteiger partial charge in [-0.05, 0) is 37.1 Å². The molecule has 0 aliphatic heterocycles. The Morgan fingerprint density at radius 3 is 2.39 bits per heavy atom. The van der Waals surface area contributed by atoms with Crippen LogP contribution in [0.25, 0.3) is 0 Å². The summed E-state index contributed by atoms with van der Waals surface area (Å²) < 4.78 is 74.5. The van der Waals surface area contributed by atoms with Crippen LogP contribution in [0.1, 0.15) is 20.8 Å². The average Bonchev–Trinajstić information content (AvgIpc) is 2.67. The monoisotopic (exact) mass is 490 g/mol. The normalized spacial score (nSPS) is 12.8. The molecule has 0 fully saturated rings. The zero-order valence-electron chi connectivity index (χ0n) is 18.1. The summed E-state index contributed by atoms with van der Waals surface area (Å²) in [4.78, 5) is 12.1. The molecular weight excluding hydrogens is 465 g/mol. The van der Waals surface area contributed by atoms with Gasteiger partial charge in [0.15, 0.2) is 0 Å². The second-order valence-corrected chi connectivity index (χ2v) is 8.95. The van der Waals surface area contributed by atoms with E-state index in [1.807, 2.05) is 0 Å². The van der Waals surface area contributed by atoms with Gasteiger partial charge in [-0.1, -0.05) is 19.9 Å². The first-order chi connectivity index (χ1) is 15.4. The van der Waals surface area contributed by atoms with E-state index in [9.17, 15) is 31.5 Å². The third-order valence-electron chi connectivity index (χ3n) is 4.46. The molecule has 182 valence electrons. The Morgan fingerprint density at radius 2 is 1.82 bits per heavy atom. The largest absolute Gasteiger partial charge is 0.573 e. The fourth-order valence-electron chi connectivity index (χ4n) is 2.87. The summed E-state index contributed by atoms with van der Waals surface area (Å²) >= 11 is 0. The molecule has 0 aliphatic rings. The number of aliphatic hydroxyl groups is 1. The molecule has 2 aromatic rings. The van der Waals surface area contributed by atoms with Crippen molar-refractivity contribution in [2.45, 2.75) is 32.0 Å². The van der Waals surface area contributed by atoms with Crippen LogP contribution in [-0.4, -0.2) is 39.0 Å². The molecule has 2 rings (SSSR count). The lowest BCUT2D eigenvalue weighted by atomic mass is 9.96. The van der Waals surface area contributed by atoms with Crippen LogP contribution in [0.3, 0.4) is 0 Å². The summed E-state index contributed by atoms with van der Waals surface area (Å²) in [5, 5.41) is 12.0. The number of carbonyl (C=O) groups excluding carboxylic acids is 1. The fraction of sp³-hybridized carbons (Fsp3) is 0.381. The van der Waals surface area contributed by atoms with Gasteiger partial charge in [0.2, 0.25) is 5.91 Å². The number of nitrogens with one attached hydrogen (secondary N) is 2. The minimum Gasteiger partial charge on any atom is -0.492 e. The van der Waals surface area contributed by atoms with E-state index in [4.69, 9.17) is 4.74 Å². The van der Waals surface area contributed by atoms with Crippen LogP contribution in [0.15, 0.2) is 47.4 Å². The van der Waals surface area contributed by atoms with Gasteiger partial charge < -0.3 is 19.9 Å². The molecule has 12 heteroatoms. The summed E-state index contributed by atoms with van der Waals surface area (Å²) in [5.41, 5.74) is 0.0985. The average molecular weight is 491 g/mol. The molecule has 0 heterocycles. The minimum absolute atomic E-state index is 0.0735. The van der Waals surface area contributed by atoms with Crippen molar-refractivity contribution in [2.24, 2.45) is 11.8 Å². The fourth-order valence-corrected chi connectivity index (χ4v) is 4.05. The van der Waals surface area contributed by atoms with Gasteiger partial charge in [0.05, 0.1) is 24.8 Å². The van der Waals surface area contributed by atoms with Crippen LogP contribution in [0.5, 0.6) is 11.5 Å². The Hall–Kier alpha value is -2.99. The molecule has 1 amide bonds. The summed E-state index contributed by atoms with van der Waals surface area (Å²) in [6.07, 6.45) is -4.93. The van der Waals surface area contributed by atoms with Crippen LogP contribution in [0, 0.1) is 11.8 Å². The van der Waals surface area contributed by atoms with Gasteiger partial charge in [0.1, 0.15) is 16.4 Å². The first-order valence-corrected chi connectivity index (χ1v) is 11.4. The molecule has 0 aromatic heterocycles. The Balaban J connectivity index is 2.31. The van der Waals surface area contributed by atoms with Gasteiger partial charge in [0.25, 0.3) is 10.0 Å². The van der Waals surface area contributed by atoms with Crippen LogP contribution >= 0.6 is 0 Å². The summed E-state index contributed by atoms with van der Waals surface area (Å²) in [7, 11) is -4.27. The summed E-state index contributed by atoms with van der Waals surface area (Å²) in [5.74, 6) is -1.88. The highest BCUT2D eigenvalue weighted by Gasteiger charge is 2.31. The predicted octanol–water partition coefficient (Wildman–Crippen LogP) is 3.99. The van der Waals surface area contributed by atoms with Gasteiger partial charge >= 0.3 is 6.36 Å². The number of sulfonamides is 1. The second-order valence-electron chi connectivity index (χ2n) is 7.30. The standard InChI is InChI=1S/C21H25F3N2O6S/c1-4-31-18-11-14(25-20(28)17(12-27)13(2)3)8-9-19(18)33(29,30)26-15-6-5-7-16(10-15)32-21(22,23)24/h5-11,13,17,26-27H,4,12H2,1-3H3,(H,25,28)/t17-/m1/s1. The molecule has 0 saturated heterocycles. The Morgan fingerprint density at radius 1 is 1.12 bits per heavy atom. The molecule has 0 radical (unpaired) electrons. The zero-order chi connectivity index (χ0) is 24.8. The third kappa shape index (κ3) is 7.53. The lowest BCUT2D eigenvalue weighted by Crippen LogP contribution is -2.29. The lowest BCUT2D eigenvalue weighted by molar-refractivity contribution is -0.274. The number of anilines is 2. The van der Waals surface area contributed by atoms with E-state index in [1.165, 1.54) is 30.3 Å². The van der Waals surface area contributed by atoms with E-state index in [1.54, 1.807) is 20.8 Å². The molecular formula is C21H25F3N2O6S. The maximum Gasteiger partial charge on any atom is 0.573 e. The third-order valence-corrected chi connectivity index (χ3v) is 5.88. The van der Waals surface area contributed by atoms with E-state index in [-0.39, 0.29) is 41.2 Å². The molecule has 0 spiro atoms. The number of carbonyl (C=O) groups is 1. The highest BCUT2D eigenvalue weighted by molar-refractivity contribution is 7.92. The van der Waals surface area contributed by atoms with Crippen molar-refractivity contribution < 1.29 is 41.0 Å². The van der Waals surface area contributed by atoms with Crippen LogP contribution in [0.4, 0.5) is 24.5 Å². The molecule has 33 heavy (non-hydrogen) atoms. The Labute approximate surface area is 189 Å². The maximum absolute atomic E-state index is 12.9. The quantitative estimate of drug-likeness (QED) is 0.464. The van der Waals surface area contributed by atoms with E-state index in [0.717, 1.165) is 12.1 Å². The maximum atomic E-state index is 12.9. The van der Waals surface area contributed by atoms with Gasteiger partial charge in [0, 0.05) is 17.8 Å². The molecule has 0 unspecified atom stereocenters. The van der Waals surface area contributed by atoms with Crippen LogP contribution in [0.2, 0.25) is 0 Å². The Kier molecular flexibility index (Phi) is 8.56. The topological polar surface area (TPSA) is 114 Å². The lowest BCUT2D eigenvalue weighted by Gasteiger charge is -2.19. The first-order valence-electron chi connectivity index (χ1n) is 9.93. The number of hydrogen-bond acceptors (Lipinski definition) is 6. The summed E-state index contributed by atoms with van der Waals surface area (Å²) in [6.45, 7) is 4.95. The Bertz CT molecular complexity index is 1070. The number of benzene rings is 2. The van der Waals surface area contributed by atoms with Crippen LogP contribution < -0.4 is 19.5 Å². The number of amides is 1. The number of rotatable bonds is 10. The first kappa shape index (κ1) is 26.3. The van der Waals surface area contributed by atoms with Crippen molar-refractivity contribution in [3.05, 3.63) is 42.5 Å². The highest BCUT2D eigenvalue weighted by Crippen LogP contribution is 2.31. The van der Waals surface area contributed by atoms with Gasteiger partial charge in [-0.2, -0.15) is 0 Å². The van der Waals surface area contributed by atoms with Crippen molar-refractivity contribution in [3.8, 4) is 11.5 Å². The number of halogens is 3. The van der Waals surface area contributed by atoms with Gasteiger partial charge in [-0.15, -0.1) is 13.2 Å². The number of ether oxygens (including phenoxy) is 2. The molecule has 8 nitrogen and oxygen atoms in total. The van der Waals surface area contributed by atoms with E-state index in [0.29, 0.717) is 0 Å². The molecule has 2 aromatic carbocycles. The molecule has 3 N–H and O–H groups in total. The molecule has 0 saturated carbocycles. The van der Waals surface area contributed by atoms with Crippen molar-refractivity contribution in [3.63, 3.8) is 0 Å². The van der Waals surface area contributed by atoms with Gasteiger partial charge in [-0.25, -0.2) is 8.42 Å². The molecule has 0 aliphatic carbocycles. The van der Waals surface area contributed by atoms with Crippen molar-refractivity contribution in [2.75, 3.05) is 23.3 Å². The summed E-state index contributed by atoms with van der Waals surface area (Å²) in [6, 6.07) is 8.24. The van der Waals surface area contributed by atoms with Crippen molar-refractivity contribution in [1.29, 1.82) is 0 Å². The predicted molar refractivity (Wildman–Crippen MR) is 116 cm³/mol. The number of alkyl halides is 3. The number of hydrogen-bond donors (Lipinski definition) is 3. The van der Waals surface area contributed by atoms with E-state index < -0.39 is 34.0 Å². The SMILES string of the molecule is CCOc1cc(NC(=O)[C@H](CO)C(C)C)ccc1S(=O)(=O)Nc1cccc(OC(F)(F)F)c1. The zero-order valence-corrected chi connectivity index (χ0v) is 19.0. The highest BCUT2D eigenvalue weighted by atomic mass is 32.2. The second kappa shape index (κ2) is 10.8. The smallest absolute Gasteiger partial charge is 0.492 e. The van der Waals surface area contributed by atoms with Crippen molar-refractivity contribution in [1.82, 2.24) is 0 Å². The van der Waals surface area contributed by atoms with Gasteiger partial charge in [-0.3, -0.25) is 9.52 Å².